The van der Waals surface area contributed by atoms with E-state index in [1.807, 2.05) is 0 Å². The number of hydrogen-bond acceptors (Lipinski definition) is 7. The number of amides is 3. The Kier molecular flexibility index (Phi) is 5.35. The Morgan fingerprint density at radius 1 is 1.29 bits per heavy atom. The molecule has 3 rings (SSSR count). The SMILES string of the molecule is COc1ncc(C#CC2=CCN(S(=O)(=O)C[C@@]3(C)NC(=O)NC3=O)CC2)cn1. The van der Waals surface area contributed by atoms with E-state index in [9.17, 15) is 18.0 Å². The zero-order valence-electron chi connectivity index (χ0n) is 15.4. The van der Waals surface area contributed by atoms with Crippen molar-refractivity contribution < 1.29 is 22.7 Å². The van der Waals surface area contributed by atoms with Gasteiger partial charge in [-0.25, -0.2) is 23.2 Å². The van der Waals surface area contributed by atoms with Gasteiger partial charge in [-0.1, -0.05) is 17.9 Å². The van der Waals surface area contributed by atoms with Crippen LogP contribution >= 0.6 is 0 Å². The Labute approximate surface area is 162 Å². The fourth-order valence-electron chi connectivity index (χ4n) is 2.79. The maximum atomic E-state index is 12.6. The monoisotopic (exact) mass is 405 g/mol. The van der Waals surface area contributed by atoms with Gasteiger partial charge >= 0.3 is 12.0 Å². The summed E-state index contributed by atoms with van der Waals surface area (Å²) in [6.07, 6.45) is 5.26. The van der Waals surface area contributed by atoms with Gasteiger partial charge < -0.3 is 10.1 Å². The highest BCUT2D eigenvalue weighted by Gasteiger charge is 2.46. The van der Waals surface area contributed by atoms with Gasteiger partial charge in [-0.05, 0) is 13.3 Å². The number of imide groups is 1. The van der Waals surface area contributed by atoms with Crippen molar-refractivity contribution in [2.45, 2.75) is 18.9 Å². The lowest BCUT2D eigenvalue weighted by Gasteiger charge is -2.28. The molecule has 2 N–H and O–H groups in total. The van der Waals surface area contributed by atoms with E-state index in [-0.39, 0.29) is 19.1 Å². The number of carbonyl (C=O) groups is 2. The summed E-state index contributed by atoms with van der Waals surface area (Å²) in [5.74, 6) is 4.76. The summed E-state index contributed by atoms with van der Waals surface area (Å²) in [5.41, 5.74) is -0.0540. The molecule has 11 heteroatoms. The largest absolute Gasteiger partial charge is 0.467 e. The Morgan fingerprint density at radius 2 is 2.00 bits per heavy atom. The van der Waals surface area contributed by atoms with E-state index >= 15 is 0 Å². The van der Waals surface area contributed by atoms with Gasteiger partial charge in [-0.15, -0.1) is 0 Å². The molecule has 148 valence electrons. The summed E-state index contributed by atoms with van der Waals surface area (Å²) in [6, 6.07) is -0.439. The number of nitrogens with one attached hydrogen (secondary N) is 2. The molecule has 1 saturated heterocycles. The van der Waals surface area contributed by atoms with Crippen LogP contribution in [0.1, 0.15) is 18.9 Å². The summed E-state index contributed by atoms with van der Waals surface area (Å²) in [6.45, 7) is 1.78. The van der Waals surface area contributed by atoms with E-state index in [2.05, 4.69) is 32.4 Å². The van der Waals surface area contributed by atoms with Crippen LogP contribution in [-0.2, 0) is 14.8 Å². The predicted molar refractivity (Wildman–Crippen MR) is 98.6 cm³/mol. The quantitative estimate of drug-likeness (QED) is 0.505. The van der Waals surface area contributed by atoms with E-state index in [0.717, 1.165) is 5.57 Å². The Bertz CT molecular complexity index is 993. The minimum atomic E-state index is -3.75. The first-order valence-electron chi connectivity index (χ1n) is 8.40. The van der Waals surface area contributed by atoms with E-state index in [4.69, 9.17) is 4.74 Å². The van der Waals surface area contributed by atoms with Crippen molar-refractivity contribution in [3.8, 4) is 17.9 Å². The van der Waals surface area contributed by atoms with Gasteiger partial charge in [0.25, 0.3) is 5.91 Å². The van der Waals surface area contributed by atoms with Gasteiger partial charge in [0.1, 0.15) is 5.54 Å². The molecule has 0 radical (unpaired) electrons. The average Bonchev–Trinajstić information content (AvgIpc) is 2.91. The van der Waals surface area contributed by atoms with Crippen LogP contribution in [0, 0.1) is 11.8 Å². The molecule has 0 saturated carbocycles. The highest BCUT2D eigenvalue weighted by molar-refractivity contribution is 7.89. The van der Waals surface area contributed by atoms with E-state index in [0.29, 0.717) is 12.0 Å². The van der Waals surface area contributed by atoms with Crippen LogP contribution in [0.4, 0.5) is 4.79 Å². The van der Waals surface area contributed by atoms with Crippen LogP contribution in [0.25, 0.3) is 0 Å². The summed E-state index contributed by atoms with van der Waals surface area (Å²) < 4.78 is 31.5. The van der Waals surface area contributed by atoms with Crippen molar-refractivity contribution in [1.82, 2.24) is 24.9 Å². The fraction of sp³-hybridized carbons (Fsp3) is 0.412. The van der Waals surface area contributed by atoms with Crippen molar-refractivity contribution in [2.24, 2.45) is 0 Å². The normalized spacial score (nSPS) is 22.6. The van der Waals surface area contributed by atoms with Crippen LogP contribution in [0.5, 0.6) is 6.01 Å². The van der Waals surface area contributed by atoms with Crippen LogP contribution in [0.3, 0.4) is 0 Å². The van der Waals surface area contributed by atoms with Crippen LogP contribution in [-0.4, -0.2) is 66.1 Å². The number of aromatic nitrogens is 2. The molecule has 28 heavy (non-hydrogen) atoms. The maximum Gasteiger partial charge on any atom is 0.322 e. The van der Waals surface area contributed by atoms with Crippen molar-refractivity contribution in [2.75, 3.05) is 26.0 Å². The molecule has 3 amide bonds. The molecule has 0 bridgehead atoms. The molecular formula is C17H19N5O5S. The second-order valence-electron chi connectivity index (χ2n) is 6.54. The molecule has 0 unspecified atom stereocenters. The summed E-state index contributed by atoms with van der Waals surface area (Å²) >= 11 is 0. The summed E-state index contributed by atoms with van der Waals surface area (Å²) in [5, 5.41) is 4.43. The summed E-state index contributed by atoms with van der Waals surface area (Å²) in [4.78, 5) is 31.1. The molecule has 0 aromatic carbocycles. The average molecular weight is 405 g/mol. The lowest BCUT2D eigenvalue weighted by Crippen LogP contribution is -2.52. The third-order valence-corrected chi connectivity index (χ3v) is 6.39. The minimum absolute atomic E-state index is 0.150. The molecule has 0 aliphatic carbocycles. The first-order valence-corrected chi connectivity index (χ1v) is 10.0. The lowest BCUT2D eigenvalue weighted by molar-refractivity contribution is -0.122. The first-order chi connectivity index (χ1) is 13.2. The van der Waals surface area contributed by atoms with Crippen molar-refractivity contribution >= 4 is 22.0 Å². The van der Waals surface area contributed by atoms with Gasteiger partial charge in [0.2, 0.25) is 10.0 Å². The zero-order valence-corrected chi connectivity index (χ0v) is 16.2. The predicted octanol–water partition coefficient (Wildman–Crippen LogP) is -0.603. The number of methoxy groups -OCH3 is 1. The minimum Gasteiger partial charge on any atom is -0.467 e. The molecule has 3 heterocycles. The Hall–Kier alpha value is -2.97. The van der Waals surface area contributed by atoms with Gasteiger partial charge in [0.15, 0.2) is 0 Å². The number of nitrogens with zero attached hydrogens (tertiary/aromatic N) is 3. The molecule has 2 aliphatic heterocycles. The lowest BCUT2D eigenvalue weighted by atomic mass is 10.1. The van der Waals surface area contributed by atoms with Gasteiger partial charge in [-0.2, -0.15) is 4.31 Å². The molecule has 2 aliphatic rings. The summed E-state index contributed by atoms with van der Waals surface area (Å²) in [7, 11) is -2.28. The first kappa shape index (κ1) is 19.8. The van der Waals surface area contributed by atoms with Crippen molar-refractivity contribution in [1.29, 1.82) is 0 Å². The van der Waals surface area contributed by atoms with Crippen LogP contribution in [0.2, 0.25) is 0 Å². The number of ether oxygens (including phenoxy) is 1. The van der Waals surface area contributed by atoms with Crippen LogP contribution < -0.4 is 15.4 Å². The van der Waals surface area contributed by atoms with E-state index in [1.54, 1.807) is 18.5 Å². The number of urea groups is 1. The highest BCUT2D eigenvalue weighted by atomic mass is 32.2. The molecule has 1 aromatic heterocycles. The van der Waals surface area contributed by atoms with Crippen LogP contribution in [0.15, 0.2) is 24.0 Å². The third-order valence-electron chi connectivity index (χ3n) is 4.33. The van der Waals surface area contributed by atoms with Crippen molar-refractivity contribution in [3.63, 3.8) is 0 Å². The van der Waals surface area contributed by atoms with Gasteiger partial charge in [-0.3, -0.25) is 10.1 Å². The number of carbonyl (C=O) groups excluding carboxylic acids is 2. The molecule has 1 aromatic rings. The molecule has 0 spiro atoms. The second kappa shape index (κ2) is 7.57. The fourth-order valence-corrected chi connectivity index (χ4v) is 4.58. The van der Waals surface area contributed by atoms with Crippen molar-refractivity contribution in [3.05, 3.63) is 29.6 Å². The molecular weight excluding hydrogens is 386 g/mol. The standard InChI is InChI=1S/C17H19N5O5S/c1-17(14(23)20-15(24)21-17)11-28(25,26)22-7-5-12(6-8-22)3-4-13-9-18-16(27-2)19-10-13/h5,9-10H,6-8,11H2,1-2H3,(H2,20,21,23,24)/t17-/m1/s1. The zero-order chi connectivity index (χ0) is 20.4. The third kappa shape index (κ3) is 4.29. The number of hydrogen-bond donors (Lipinski definition) is 2. The smallest absolute Gasteiger partial charge is 0.322 e. The maximum absolute atomic E-state index is 12.6. The highest BCUT2D eigenvalue weighted by Crippen LogP contribution is 2.19. The molecule has 10 nitrogen and oxygen atoms in total. The molecule has 1 atom stereocenters. The number of sulfonamides is 1. The second-order valence-corrected chi connectivity index (χ2v) is 8.51. The Balaban J connectivity index is 1.65. The molecule has 1 fully saturated rings. The Morgan fingerprint density at radius 3 is 2.54 bits per heavy atom. The van der Waals surface area contributed by atoms with Gasteiger partial charge in [0, 0.05) is 31.1 Å². The van der Waals surface area contributed by atoms with E-state index < -0.39 is 33.3 Å². The number of rotatable bonds is 4. The van der Waals surface area contributed by atoms with Gasteiger partial charge in [0.05, 0.1) is 18.4 Å². The van der Waals surface area contributed by atoms with E-state index in [1.165, 1.54) is 18.3 Å². The topological polar surface area (TPSA) is 131 Å².